The van der Waals surface area contributed by atoms with E-state index in [0.717, 1.165) is 47.4 Å². The Bertz CT molecular complexity index is 994. The largest absolute Gasteiger partial charge is 0.497 e. The zero-order chi connectivity index (χ0) is 22.5. The van der Waals surface area contributed by atoms with Crippen LogP contribution in [-0.4, -0.2) is 42.5 Å². The molecule has 2 amide bonds. The Morgan fingerprint density at radius 2 is 2.09 bits per heavy atom. The number of aryl methyl sites for hydroxylation is 1. The highest BCUT2D eigenvalue weighted by Gasteiger charge is 2.37. The summed E-state index contributed by atoms with van der Waals surface area (Å²) in [5.74, 6) is 0.501. The molecule has 0 radical (unpaired) electrons. The van der Waals surface area contributed by atoms with Crippen molar-refractivity contribution < 1.29 is 14.3 Å². The van der Waals surface area contributed by atoms with Crippen molar-refractivity contribution >= 4 is 29.2 Å². The first-order valence-corrected chi connectivity index (χ1v) is 12.2. The smallest absolute Gasteiger partial charge is 0.271 e. The summed E-state index contributed by atoms with van der Waals surface area (Å²) in [6, 6.07) is 9.34. The van der Waals surface area contributed by atoms with Gasteiger partial charge >= 0.3 is 0 Å². The van der Waals surface area contributed by atoms with Crippen molar-refractivity contribution in [2.24, 2.45) is 0 Å². The highest BCUT2D eigenvalue weighted by Crippen LogP contribution is 2.24. The van der Waals surface area contributed by atoms with Crippen LogP contribution >= 0.6 is 11.3 Å². The lowest BCUT2D eigenvalue weighted by Crippen LogP contribution is -2.60. The molecule has 7 heteroatoms. The number of methoxy groups -OCH3 is 1. The summed E-state index contributed by atoms with van der Waals surface area (Å²) in [5, 5.41) is 8.45. The first-order chi connectivity index (χ1) is 15.5. The van der Waals surface area contributed by atoms with Crippen LogP contribution in [-0.2, 0) is 16.1 Å². The molecule has 32 heavy (non-hydrogen) atoms. The van der Waals surface area contributed by atoms with Gasteiger partial charge in [0.2, 0.25) is 5.91 Å². The van der Waals surface area contributed by atoms with E-state index in [4.69, 9.17) is 4.74 Å². The fourth-order valence-electron chi connectivity index (χ4n) is 4.39. The van der Waals surface area contributed by atoms with Gasteiger partial charge in [0.25, 0.3) is 5.91 Å². The minimum atomic E-state index is -0.558. The fourth-order valence-corrected chi connectivity index (χ4v) is 5.25. The molecule has 2 N–H and O–H groups in total. The second-order valence-electron chi connectivity index (χ2n) is 8.55. The second-order valence-corrected chi connectivity index (χ2v) is 9.50. The molecule has 1 aromatic carbocycles. The van der Waals surface area contributed by atoms with Crippen LogP contribution in [0.3, 0.4) is 0 Å². The third kappa shape index (κ3) is 5.15. The molecular weight excluding hydrogens is 422 g/mol. The van der Waals surface area contributed by atoms with Crippen molar-refractivity contribution in [3.63, 3.8) is 0 Å². The third-order valence-corrected chi connectivity index (χ3v) is 7.24. The maximum absolute atomic E-state index is 13.5. The van der Waals surface area contributed by atoms with Crippen molar-refractivity contribution in [2.75, 3.05) is 13.7 Å². The molecule has 0 spiro atoms. The van der Waals surface area contributed by atoms with Crippen molar-refractivity contribution in [1.29, 1.82) is 0 Å². The van der Waals surface area contributed by atoms with Gasteiger partial charge in [-0.05, 0) is 60.5 Å². The van der Waals surface area contributed by atoms with Gasteiger partial charge in [-0.1, -0.05) is 31.4 Å². The van der Waals surface area contributed by atoms with Gasteiger partial charge in [0.1, 0.15) is 17.5 Å². The van der Waals surface area contributed by atoms with Crippen LogP contribution in [0, 0.1) is 6.92 Å². The summed E-state index contributed by atoms with van der Waals surface area (Å²) in [4.78, 5) is 29.5. The van der Waals surface area contributed by atoms with Crippen molar-refractivity contribution in [2.45, 2.75) is 57.7 Å². The number of thiophene rings is 1. The van der Waals surface area contributed by atoms with E-state index >= 15 is 0 Å². The van der Waals surface area contributed by atoms with Crippen molar-refractivity contribution in [3.05, 3.63) is 57.4 Å². The Balaban J connectivity index is 1.58. The molecule has 1 aliphatic heterocycles. The van der Waals surface area contributed by atoms with E-state index in [2.05, 4.69) is 10.6 Å². The molecular formula is C25H31N3O3S. The molecule has 4 rings (SSSR count). The average Bonchev–Trinajstić information content (AvgIpc) is 3.21. The minimum Gasteiger partial charge on any atom is -0.497 e. The van der Waals surface area contributed by atoms with E-state index in [-0.39, 0.29) is 17.9 Å². The summed E-state index contributed by atoms with van der Waals surface area (Å²) < 4.78 is 5.34. The summed E-state index contributed by atoms with van der Waals surface area (Å²) in [7, 11) is 1.62. The highest BCUT2D eigenvalue weighted by molar-refractivity contribution is 7.11. The highest BCUT2D eigenvalue weighted by atomic mass is 32.1. The monoisotopic (exact) mass is 453 g/mol. The lowest BCUT2D eigenvalue weighted by Gasteiger charge is -2.37. The van der Waals surface area contributed by atoms with Crippen LogP contribution in [0.2, 0.25) is 0 Å². The number of nitrogens with zero attached hydrogens (tertiary/aromatic N) is 1. The van der Waals surface area contributed by atoms with Crippen LogP contribution < -0.4 is 15.4 Å². The molecule has 1 aliphatic carbocycles. The number of carbonyl (C=O) groups excluding carboxylic acids is 2. The third-order valence-electron chi connectivity index (χ3n) is 6.27. The Morgan fingerprint density at radius 3 is 2.81 bits per heavy atom. The number of benzene rings is 1. The Kier molecular flexibility index (Phi) is 7.15. The van der Waals surface area contributed by atoms with Crippen LogP contribution in [0.15, 0.2) is 41.4 Å². The fraction of sp³-hybridized carbons (Fsp3) is 0.440. The van der Waals surface area contributed by atoms with E-state index in [1.54, 1.807) is 23.3 Å². The van der Waals surface area contributed by atoms with Crippen molar-refractivity contribution in [1.82, 2.24) is 15.5 Å². The number of piperazine rings is 1. The zero-order valence-corrected chi connectivity index (χ0v) is 19.5. The number of hydrogen-bond donors (Lipinski definition) is 2. The predicted octanol–water partition coefficient (Wildman–Crippen LogP) is 3.86. The molecule has 0 bridgehead atoms. The SMILES string of the molecule is COc1cccc(CN2C(=O)/C(=C/c3sccc3C)NCC2C(=O)NC2CCCCC2)c1. The van der Waals surface area contributed by atoms with Gasteiger partial charge in [-0.2, -0.15) is 0 Å². The van der Waals surface area contributed by atoms with Gasteiger partial charge < -0.3 is 20.3 Å². The molecule has 1 saturated carbocycles. The lowest BCUT2D eigenvalue weighted by atomic mass is 9.95. The van der Waals surface area contributed by atoms with Gasteiger partial charge in [0.05, 0.1) is 7.11 Å². The number of ether oxygens (including phenoxy) is 1. The Labute approximate surface area is 193 Å². The average molecular weight is 454 g/mol. The molecule has 1 saturated heterocycles. The standard InChI is InChI=1S/C25H31N3O3S/c1-17-11-12-32-23(17)14-21-25(30)28(16-18-7-6-10-20(13-18)31-2)22(15-26-21)24(29)27-19-8-4-3-5-9-19/h6-7,10-14,19,22,26H,3-5,8-9,15-16H2,1-2H3,(H,27,29)/b21-14-. The molecule has 2 aromatic rings. The summed E-state index contributed by atoms with van der Waals surface area (Å²) in [6.07, 6.45) is 7.45. The van der Waals surface area contributed by atoms with Gasteiger partial charge in [-0.25, -0.2) is 0 Å². The number of amides is 2. The lowest BCUT2D eigenvalue weighted by molar-refractivity contribution is -0.140. The van der Waals surface area contributed by atoms with Crippen LogP contribution in [0.1, 0.15) is 48.1 Å². The normalized spacial score (nSPS) is 20.8. The summed E-state index contributed by atoms with van der Waals surface area (Å²) in [6.45, 7) is 2.77. The van der Waals surface area contributed by atoms with Crippen LogP contribution in [0.4, 0.5) is 0 Å². The minimum absolute atomic E-state index is 0.0769. The Morgan fingerprint density at radius 1 is 1.28 bits per heavy atom. The molecule has 170 valence electrons. The molecule has 2 heterocycles. The second kappa shape index (κ2) is 10.2. The summed E-state index contributed by atoms with van der Waals surface area (Å²) >= 11 is 1.60. The molecule has 1 aromatic heterocycles. The van der Waals surface area contributed by atoms with Gasteiger partial charge in [-0.3, -0.25) is 9.59 Å². The maximum Gasteiger partial charge on any atom is 0.271 e. The number of hydrogen-bond acceptors (Lipinski definition) is 5. The molecule has 1 unspecified atom stereocenters. The molecule has 6 nitrogen and oxygen atoms in total. The van der Waals surface area contributed by atoms with E-state index in [1.165, 1.54) is 6.42 Å². The van der Waals surface area contributed by atoms with E-state index < -0.39 is 6.04 Å². The number of carbonyl (C=O) groups is 2. The van der Waals surface area contributed by atoms with Crippen molar-refractivity contribution in [3.8, 4) is 5.75 Å². The van der Waals surface area contributed by atoms with Gasteiger partial charge in [0, 0.05) is 24.0 Å². The first-order valence-electron chi connectivity index (χ1n) is 11.3. The van der Waals surface area contributed by atoms with Crippen LogP contribution in [0.25, 0.3) is 6.08 Å². The maximum atomic E-state index is 13.5. The number of rotatable bonds is 6. The zero-order valence-electron chi connectivity index (χ0n) is 18.7. The van der Waals surface area contributed by atoms with Crippen LogP contribution in [0.5, 0.6) is 5.75 Å². The van der Waals surface area contributed by atoms with E-state index in [0.29, 0.717) is 18.8 Å². The predicted molar refractivity (Wildman–Crippen MR) is 127 cm³/mol. The summed E-state index contributed by atoms with van der Waals surface area (Å²) in [5.41, 5.74) is 2.59. The van der Waals surface area contributed by atoms with E-state index in [9.17, 15) is 9.59 Å². The topological polar surface area (TPSA) is 70.7 Å². The Hall–Kier alpha value is -2.80. The molecule has 2 fully saturated rings. The van der Waals surface area contributed by atoms with E-state index in [1.807, 2.05) is 48.7 Å². The van der Waals surface area contributed by atoms with Gasteiger partial charge in [-0.15, -0.1) is 11.3 Å². The first kappa shape index (κ1) is 22.4. The molecule has 1 atom stereocenters. The number of nitrogens with one attached hydrogen (secondary N) is 2. The van der Waals surface area contributed by atoms with Gasteiger partial charge in [0.15, 0.2) is 0 Å². The molecule has 2 aliphatic rings. The quantitative estimate of drug-likeness (QED) is 0.652.